The minimum Gasteiger partial charge on any atom is -0.300 e. The van der Waals surface area contributed by atoms with Crippen LogP contribution in [-0.4, -0.2) is 11.6 Å². The van der Waals surface area contributed by atoms with Crippen molar-refractivity contribution in [2.45, 2.75) is 51.9 Å². The molecule has 1 rings (SSSR count). The first-order valence-corrected chi connectivity index (χ1v) is 5.22. The molecule has 0 amide bonds. The average molecular weight is 182 g/mol. The molecule has 1 unspecified atom stereocenters. The van der Waals surface area contributed by atoms with Gasteiger partial charge in [-0.2, -0.15) is 0 Å². The van der Waals surface area contributed by atoms with Crippen molar-refractivity contribution in [1.29, 1.82) is 0 Å². The topological polar surface area (TPSA) is 34.1 Å². The fourth-order valence-corrected chi connectivity index (χ4v) is 1.96. The number of carbonyl (C=O) groups is 2. The van der Waals surface area contributed by atoms with Crippen LogP contribution in [0.3, 0.4) is 0 Å². The van der Waals surface area contributed by atoms with Gasteiger partial charge in [0.05, 0.1) is 0 Å². The van der Waals surface area contributed by atoms with Gasteiger partial charge in [0.2, 0.25) is 0 Å². The third-order valence-electron chi connectivity index (χ3n) is 2.76. The highest BCUT2D eigenvalue weighted by Gasteiger charge is 2.23. The smallest absolute Gasteiger partial charge is 0.135 e. The summed E-state index contributed by atoms with van der Waals surface area (Å²) in [6.45, 7) is 1.63. The molecule has 0 heterocycles. The van der Waals surface area contributed by atoms with E-state index in [1.807, 2.05) is 0 Å². The summed E-state index contributed by atoms with van der Waals surface area (Å²) in [4.78, 5) is 21.9. The molecule has 0 aromatic heterocycles. The fraction of sp³-hybridized carbons (Fsp3) is 0.818. The van der Waals surface area contributed by atoms with Gasteiger partial charge in [0.15, 0.2) is 0 Å². The predicted molar refractivity (Wildman–Crippen MR) is 51.5 cm³/mol. The van der Waals surface area contributed by atoms with Gasteiger partial charge in [0, 0.05) is 18.8 Å². The second kappa shape index (κ2) is 5.15. The second-order valence-electron chi connectivity index (χ2n) is 4.00. The number of hydrogen-bond acceptors (Lipinski definition) is 2. The van der Waals surface area contributed by atoms with Crippen LogP contribution >= 0.6 is 0 Å². The van der Waals surface area contributed by atoms with Gasteiger partial charge in [-0.3, -0.25) is 4.79 Å². The Balaban J connectivity index is 2.05. The first-order chi connectivity index (χ1) is 6.20. The van der Waals surface area contributed by atoms with Gasteiger partial charge in [0.1, 0.15) is 11.6 Å². The van der Waals surface area contributed by atoms with Gasteiger partial charge in [0.25, 0.3) is 0 Å². The minimum atomic E-state index is 0.262. The van der Waals surface area contributed by atoms with Crippen molar-refractivity contribution < 1.29 is 9.59 Å². The monoisotopic (exact) mass is 182 g/mol. The van der Waals surface area contributed by atoms with Crippen LogP contribution in [0.4, 0.5) is 0 Å². The van der Waals surface area contributed by atoms with Crippen LogP contribution in [0.1, 0.15) is 51.9 Å². The first kappa shape index (κ1) is 10.4. The summed E-state index contributed by atoms with van der Waals surface area (Å²) >= 11 is 0. The molecule has 1 atom stereocenters. The van der Waals surface area contributed by atoms with Crippen LogP contribution in [0.25, 0.3) is 0 Å². The molecule has 1 aliphatic rings. The molecule has 1 aliphatic carbocycles. The number of hydrogen-bond donors (Lipinski definition) is 0. The van der Waals surface area contributed by atoms with Crippen molar-refractivity contribution in [2.24, 2.45) is 5.92 Å². The van der Waals surface area contributed by atoms with Gasteiger partial charge < -0.3 is 4.79 Å². The maximum Gasteiger partial charge on any atom is 0.135 e. The Morgan fingerprint density at radius 1 is 1.46 bits per heavy atom. The molecule has 2 heteroatoms. The van der Waals surface area contributed by atoms with E-state index in [0.717, 1.165) is 38.5 Å². The van der Waals surface area contributed by atoms with E-state index in [1.165, 1.54) is 0 Å². The van der Waals surface area contributed by atoms with Crippen molar-refractivity contribution in [1.82, 2.24) is 0 Å². The van der Waals surface area contributed by atoms with Gasteiger partial charge in [-0.05, 0) is 32.6 Å². The molecule has 0 N–H and O–H groups in total. The quantitative estimate of drug-likeness (QED) is 0.612. The summed E-state index contributed by atoms with van der Waals surface area (Å²) in [6.07, 6.45) is 6.63. The molecule has 1 fully saturated rings. The number of rotatable bonds is 5. The van der Waals surface area contributed by atoms with Crippen LogP contribution < -0.4 is 0 Å². The molecule has 0 saturated heterocycles. The molecule has 1 saturated carbocycles. The number of Topliss-reactive ketones (excluding diaryl/α,β-unsaturated/α-hetero) is 2. The summed E-state index contributed by atoms with van der Waals surface area (Å²) in [5.74, 6) is 1.03. The van der Waals surface area contributed by atoms with E-state index < -0.39 is 0 Å². The summed E-state index contributed by atoms with van der Waals surface area (Å²) in [7, 11) is 0. The Labute approximate surface area is 79.7 Å². The highest BCUT2D eigenvalue weighted by atomic mass is 16.1. The second-order valence-corrected chi connectivity index (χ2v) is 4.00. The molecule has 0 aromatic rings. The van der Waals surface area contributed by atoms with Crippen LogP contribution in [-0.2, 0) is 9.59 Å². The number of unbranched alkanes of at least 4 members (excludes halogenated alkanes) is 1. The van der Waals surface area contributed by atoms with E-state index >= 15 is 0 Å². The predicted octanol–water partition coefficient (Wildman–Crippen LogP) is 2.51. The van der Waals surface area contributed by atoms with Gasteiger partial charge in [-0.25, -0.2) is 0 Å². The zero-order valence-electron chi connectivity index (χ0n) is 8.34. The average Bonchev–Trinajstić information content (AvgIpc) is 2.45. The highest BCUT2D eigenvalue weighted by Crippen LogP contribution is 2.26. The lowest BCUT2D eigenvalue weighted by Crippen LogP contribution is -2.05. The molecule has 74 valence electrons. The SMILES string of the molecule is CC(=O)CCCCC1CCCC1=O. The van der Waals surface area contributed by atoms with Crippen molar-refractivity contribution >= 4 is 11.6 Å². The standard InChI is InChI=1S/C11H18O2/c1-9(12)5-2-3-6-10-7-4-8-11(10)13/h10H,2-8H2,1H3. The van der Waals surface area contributed by atoms with E-state index in [-0.39, 0.29) is 5.78 Å². The van der Waals surface area contributed by atoms with Crippen LogP contribution in [0.2, 0.25) is 0 Å². The first-order valence-electron chi connectivity index (χ1n) is 5.22. The van der Waals surface area contributed by atoms with Gasteiger partial charge in [-0.1, -0.05) is 6.42 Å². The maximum absolute atomic E-state index is 11.2. The zero-order valence-corrected chi connectivity index (χ0v) is 8.34. The fourth-order valence-electron chi connectivity index (χ4n) is 1.96. The minimum absolute atomic E-state index is 0.262. The van der Waals surface area contributed by atoms with E-state index in [9.17, 15) is 9.59 Å². The molecule has 0 aromatic carbocycles. The van der Waals surface area contributed by atoms with E-state index in [1.54, 1.807) is 6.92 Å². The normalized spacial score (nSPS) is 22.2. The lowest BCUT2D eigenvalue weighted by atomic mass is 9.99. The maximum atomic E-state index is 11.2. The van der Waals surface area contributed by atoms with Crippen molar-refractivity contribution in [2.75, 3.05) is 0 Å². The largest absolute Gasteiger partial charge is 0.300 e. The number of ketones is 2. The summed E-state index contributed by atoms with van der Waals surface area (Å²) in [5, 5.41) is 0. The van der Waals surface area contributed by atoms with Crippen LogP contribution in [0.15, 0.2) is 0 Å². The lowest BCUT2D eigenvalue weighted by Gasteiger charge is -2.05. The number of carbonyl (C=O) groups excluding carboxylic acids is 2. The Morgan fingerprint density at radius 3 is 2.77 bits per heavy atom. The molecular formula is C11H18O2. The summed E-state index contributed by atoms with van der Waals surface area (Å²) in [6, 6.07) is 0. The summed E-state index contributed by atoms with van der Waals surface area (Å²) in [5.41, 5.74) is 0. The highest BCUT2D eigenvalue weighted by molar-refractivity contribution is 5.82. The van der Waals surface area contributed by atoms with Gasteiger partial charge in [-0.15, -0.1) is 0 Å². The Hall–Kier alpha value is -0.660. The molecule has 2 nitrogen and oxygen atoms in total. The molecular weight excluding hydrogens is 164 g/mol. The Kier molecular flexibility index (Phi) is 4.13. The Bertz CT molecular complexity index is 196. The molecule has 0 radical (unpaired) electrons. The molecule has 13 heavy (non-hydrogen) atoms. The zero-order chi connectivity index (χ0) is 9.68. The van der Waals surface area contributed by atoms with Crippen LogP contribution in [0, 0.1) is 5.92 Å². The van der Waals surface area contributed by atoms with Crippen molar-refractivity contribution in [3.8, 4) is 0 Å². The molecule has 0 spiro atoms. The van der Waals surface area contributed by atoms with Gasteiger partial charge >= 0.3 is 0 Å². The van der Waals surface area contributed by atoms with E-state index in [4.69, 9.17) is 0 Å². The third kappa shape index (κ3) is 3.71. The van der Waals surface area contributed by atoms with Crippen molar-refractivity contribution in [3.63, 3.8) is 0 Å². The van der Waals surface area contributed by atoms with Crippen LogP contribution in [0.5, 0.6) is 0 Å². The lowest BCUT2D eigenvalue weighted by molar-refractivity contribution is -0.120. The van der Waals surface area contributed by atoms with E-state index in [2.05, 4.69) is 0 Å². The Morgan fingerprint density at radius 2 is 2.23 bits per heavy atom. The van der Waals surface area contributed by atoms with Crippen molar-refractivity contribution in [3.05, 3.63) is 0 Å². The molecule has 0 aliphatic heterocycles. The van der Waals surface area contributed by atoms with E-state index in [0.29, 0.717) is 18.1 Å². The summed E-state index contributed by atoms with van der Waals surface area (Å²) < 4.78 is 0. The third-order valence-corrected chi connectivity index (χ3v) is 2.76. The molecule has 0 bridgehead atoms.